The first kappa shape index (κ1) is 15.0. The van der Waals surface area contributed by atoms with E-state index in [-0.39, 0.29) is 11.4 Å². The third-order valence-electron chi connectivity index (χ3n) is 2.82. The quantitative estimate of drug-likeness (QED) is 0.862. The fraction of sp³-hybridized carbons (Fsp3) is 0.600. The zero-order valence-corrected chi connectivity index (χ0v) is 12.2. The Morgan fingerprint density at radius 3 is 2.50 bits per heavy atom. The first-order valence-electron chi connectivity index (χ1n) is 6.58. The van der Waals surface area contributed by atoms with Crippen molar-refractivity contribution in [2.24, 2.45) is 0 Å². The Bertz CT molecular complexity index is 383. The van der Waals surface area contributed by atoms with Crippen molar-refractivity contribution in [1.82, 2.24) is 5.32 Å². The van der Waals surface area contributed by atoms with Crippen LogP contribution in [0.2, 0.25) is 0 Å². The molecule has 0 fully saturated rings. The lowest BCUT2D eigenvalue weighted by molar-refractivity contribution is 0.423. The summed E-state index contributed by atoms with van der Waals surface area (Å²) in [6, 6.07) is 5.30. The van der Waals surface area contributed by atoms with E-state index in [0.29, 0.717) is 6.54 Å². The molecular weight excluding hydrogens is 227 g/mol. The molecule has 0 atom stereocenters. The van der Waals surface area contributed by atoms with Crippen molar-refractivity contribution < 1.29 is 4.39 Å². The molecule has 1 aromatic carbocycles. The average Bonchev–Trinajstić information content (AvgIpc) is 2.25. The van der Waals surface area contributed by atoms with Gasteiger partial charge in [-0.1, -0.05) is 19.1 Å². The molecule has 0 amide bonds. The fourth-order valence-corrected chi connectivity index (χ4v) is 1.94. The Morgan fingerprint density at radius 1 is 1.28 bits per heavy atom. The highest BCUT2D eigenvalue weighted by Gasteiger charge is 2.15. The topological polar surface area (TPSA) is 15.3 Å². The molecule has 0 aliphatic carbocycles. The molecule has 0 bridgehead atoms. The summed E-state index contributed by atoms with van der Waals surface area (Å²) in [5.74, 6) is -0.140. The van der Waals surface area contributed by atoms with Gasteiger partial charge in [0.1, 0.15) is 5.82 Å². The van der Waals surface area contributed by atoms with E-state index in [1.165, 1.54) is 6.07 Å². The molecule has 0 heterocycles. The van der Waals surface area contributed by atoms with Gasteiger partial charge in [0, 0.05) is 25.7 Å². The molecule has 1 aromatic rings. The van der Waals surface area contributed by atoms with E-state index in [2.05, 4.69) is 33.0 Å². The van der Waals surface area contributed by atoms with Crippen LogP contribution in [0.25, 0.3) is 0 Å². The summed E-state index contributed by atoms with van der Waals surface area (Å²) in [6.45, 7) is 9.99. The molecule has 0 aliphatic rings. The van der Waals surface area contributed by atoms with Gasteiger partial charge in [-0.15, -0.1) is 0 Å². The van der Waals surface area contributed by atoms with Crippen LogP contribution in [0.4, 0.5) is 10.1 Å². The van der Waals surface area contributed by atoms with Crippen molar-refractivity contribution in [1.29, 1.82) is 0 Å². The first-order chi connectivity index (χ1) is 8.35. The first-order valence-corrected chi connectivity index (χ1v) is 6.58. The van der Waals surface area contributed by atoms with Gasteiger partial charge in [0.25, 0.3) is 0 Å². The Labute approximate surface area is 110 Å². The third-order valence-corrected chi connectivity index (χ3v) is 2.82. The molecular formula is C15H25FN2. The van der Waals surface area contributed by atoms with E-state index < -0.39 is 0 Å². The van der Waals surface area contributed by atoms with Crippen LogP contribution in [0.3, 0.4) is 0 Å². The fourth-order valence-electron chi connectivity index (χ4n) is 1.94. The van der Waals surface area contributed by atoms with E-state index in [4.69, 9.17) is 0 Å². The molecule has 0 aromatic heterocycles. The Morgan fingerprint density at radius 2 is 1.94 bits per heavy atom. The summed E-state index contributed by atoms with van der Waals surface area (Å²) < 4.78 is 14.0. The summed E-state index contributed by atoms with van der Waals surface area (Å²) in [4.78, 5) is 2.00. The molecule has 0 saturated carbocycles. The van der Waals surface area contributed by atoms with Gasteiger partial charge in [-0.3, -0.25) is 0 Å². The summed E-state index contributed by atoms with van der Waals surface area (Å²) in [5, 5.41) is 3.41. The number of nitrogens with zero attached hydrogens (tertiary/aromatic N) is 1. The van der Waals surface area contributed by atoms with Crippen molar-refractivity contribution in [3.63, 3.8) is 0 Å². The number of hydrogen-bond acceptors (Lipinski definition) is 2. The molecule has 18 heavy (non-hydrogen) atoms. The van der Waals surface area contributed by atoms with Crippen LogP contribution in [0, 0.1) is 5.82 Å². The van der Waals surface area contributed by atoms with Gasteiger partial charge in [-0.25, -0.2) is 4.39 Å². The smallest absolute Gasteiger partial charge is 0.146 e. The molecule has 3 heteroatoms. The van der Waals surface area contributed by atoms with Gasteiger partial charge in [0.2, 0.25) is 0 Å². The maximum Gasteiger partial charge on any atom is 0.146 e. The van der Waals surface area contributed by atoms with Gasteiger partial charge in [0.05, 0.1) is 5.69 Å². The predicted molar refractivity (Wildman–Crippen MR) is 76.6 cm³/mol. The summed E-state index contributed by atoms with van der Waals surface area (Å²) in [5.41, 5.74) is 1.77. The molecule has 1 rings (SSSR count). The van der Waals surface area contributed by atoms with Gasteiger partial charge < -0.3 is 10.2 Å². The number of nitrogens with one attached hydrogen (secondary N) is 1. The largest absolute Gasteiger partial charge is 0.372 e. The highest BCUT2D eigenvalue weighted by atomic mass is 19.1. The predicted octanol–water partition coefficient (Wildman–Crippen LogP) is 3.56. The van der Waals surface area contributed by atoms with Crippen molar-refractivity contribution in [2.75, 3.05) is 18.5 Å². The number of halogens is 1. The van der Waals surface area contributed by atoms with Crippen LogP contribution < -0.4 is 10.2 Å². The number of hydrogen-bond donors (Lipinski definition) is 1. The van der Waals surface area contributed by atoms with Crippen LogP contribution >= 0.6 is 0 Å². The minimum atomic E-state index is -0.140. The number of para-hydroxylation sites is 1. The maximum atomic E-state index is 14.0. The van der Waals surface area contributed by atoms with Gasteiger partial charge >= 0.3 is 0 Å². The zero-order valence-electron chi connectivity index (χ0n) is 12.2. The normalized spacial score (nSPS) is 11.7. The van der Waals surface area contributed by atoms with Crippen molar-refractivity contribution in [3.8, 4) is 0 Å². The Kier molecular flexibility index (Phi) is 5.15. The SMILES string of the molecule is CCCN(C)c1c(F)cccc1CNC(C)(C)C. The van der Waals surface area contributed by atoms with Crippen LogP contribution in [0.1, 0.15) is 39.7 Å². The van der Waals surface area contributed by atoms with Crippen LogP contribution in [-0.2, 0) is 6.54 Å². The van der Waals surface area contributed by atoms with Gasteiger partial charge in [0.15, 0.2) is 0 Å². The van der Waals surface area contributed by atoms with E-state index >= 15 is 0 Å². The third kappa shape index (κ3) is 4.30. The Balaban J connectivity index is 2.93. The molecule has 0 aliphatic heterocycles. The average molecular weight is 252 g/mol. The van der Waals surface area contributed by atoms with E-state index in [0.717, 1.165) is 24.2 Å². The zero-order chi connectivity index (χ0) is 13.8. The molecule has 0 unspecified atom stereocenters. The monoisotopic (exact) mass is 252 g/mol. The maximum absolute atomic E-state index is 14.0. The number of rotatable bonds is 5. The second-order valence-electron chi connectivity index (χ2n) is 5.77. The Hall–Kier alpha value is -1.09. The van der Waals surface area contributed by atoms with Crippen molar-refractivity contribution >= 4 is 5.69 Å². The second-order valence-corrected chi connectivity index (χ2v) is 5.77. The molecule has 0 radical (unpaired) electrons. The van der Waals surface area contributed by atoms with Crippen LogP contribution in [0.5, 0.6) is 0 Å². The van der Waals surface area contributed by atoms with Gasteiger partial charge in [-0.2, -0.15) is 0 Å². The lowest BCUT2D eigenvalue weighted by Crippen LogP contribution is -2.35. The lowest BCUT2D eigenvalue weighted by Gasteiger charge is -2.25. The van der Waals surface area contributed by atoms with Crippen molar-refractivity contribution in [3.05, 3.63) is 29.6 Å². The standard InChI is InChI=1S/C15H25FN2/c1-6-10-18(5)14-12(8-7-9-13(14)16)11-17-15(2,3)4/h7-9,17H,6,10-11H2,1-5H3. The minimum absolute atomic E-state index is 0.0346. The minimum Gasteiger partial charge on any atom is -0.372 e. The molecule has 2 nitrogen and oxygen atoms in total. The summed E-state index contributed by atoms with van der Waals surface area (Å²) in [7, 11) is 1.95. The molecule has 0 saturated heterocycles. The second kappa shape index (κ2) is 6.19. The number of benzene rings is 1. The molecule has 0 spiro atoms. The van der Waals surface area contributed by atoms with E-state index in [1.54, 1.807) is 6.07 Å². The highest BCUT2D eigenvalue weighted by molar-refractivity contribution is 5.54. The van der Waals surface area contributed by atoms with E-state index in [1.807, 2.05) is 18.0 Å². The van der Waals surface area contributed by atoms with Gasteiger partial charge in [-0.05, 0) is 38.8 Å². The van der Waals surface area contributed by atoms with E-state index in [9.17, 15) is 4.39 Å². The molecule has 1 N–H and O–H groups in total. The van der Waals surface area contributed by atoms with Crippen LogP contribution in [0.15, 0.2) is 18.2 Å². The summed E-state index contributed by atoms with van der Waals surface area (Å²) >= 11 is 0. The lowest BCUT2D eigenvalue weighted by atomic mass is 10.1. The molecule has 102 valence electrons. The summed E-state index contributed by atoms with van der Waals surface area (Å²) in [6.07, 6.45) is 1.01. The van der Waals surface area contributed by atoms with Crippen molar-refractivity contribution in [2.45, 2.75) is 46.2 Å². The number of anilines is 1. The highest BCUT2D eigenvalue weighted by Crippen LogP contribution is 2.24. The van der Waals surface area contributed by atoms with Crippen LogP contribution in [-0.4, -0.2) is 19.1 Å².